The van der Waals surface area contributed by atoms with Crippen LogP contribution < -0.4 is 0 Å². The Morgan fingerprint density at radius 3 is 2.55 bits per heavy atom. The van der Waals surface area contributed by atoms with Gasteiger partial charge in [-0.3, -0.25) is 0 Å². The van der Waals surface area contributed by atoms with Gasteiger partial charge >= 0.3 is 0 Å². The van der Waals surface area contributed by atoms with E-state index in [-0.39, 0.29) is 8.68 Å². The van der Waals surface area contributed by atoms with Crippen molar-refractivity contribution in [3.63, 3.8) is 0 Å². The first kappa shape index (κ1) is 16.4. The number of halogens is 2. The highest BCUT2D eigenvalue weighted by molar-refractivity contribution is 9.11. The molecular weight excluding hydrogens is 404 g/mol. The average Bonchev–Trinajstić information content (AvgIpc) is 2.92. The fraction of sp³-hybridized carbons (Fsp3) is 0.364. The Morgan fingerprint density at radius 1 is 1.40 bits per heavy atom. The zero-order valence-corrected chi connectivity index (χ0v) is 15.6. The van der Waals surface area contributed by atoms with Gasteiger partial charge < -0.3 is 0 Å². The predicted octanol–water partition coefficient (Wildman–Crippen LogP) is 4.14. The predicted molar refractivity (Wildman–Crippen MR) is 87.1 cm³/mol. The minimum Gasteiger partial charge on any atom is -0.229 e. The lowest BCUT2D eigenvalue weighted by Crippen LogP contribution is -2.30. The molecule has 0 aliphatic rings. The van der Waals surface area contributed by atoms with Crippen molar-refractivity contribution in [2.45, 2.75) is 24.6 Å². The van der Waals surface area contributed by atoms with Gasteiger partial charge in [-0.1, -0.05) is 29.9 Å². The van der Waals surface area contributed by atoms with Crippen molar-refractivity contribution in [1.29, 1.82) is 0 Å². The first-order valence-electron chi connectivity index (χ1n) is 5.72. The molecule has 0 radical (unpaired) electrons. The molecule has 2 heterocycles. The molecule has 0 amide bonds. The van der Waals surface area contributed by atoms with E-state index >= 15 is 0 Å². The second-order valence-electron chi connectivity index (χ2n) is 3.98. The topological polar surface area (TPSA) is 50.3 Å². The molecule has 0 aromatic carbocycles. The quantitative estimate of drug-likeness (QED) is 0.737. The minimum atomic E-state index is -3.55. The van der Waals surface area contributed by atoms with Crippen LogP contribution in [0.3, 0.4) is 0 Å². The van der Waals surface area contributed by atoms with Crippen molar-refractivity contribution < 1.29 is 8.42 Å². The number of hydrogen-bond donors (Lipinski definition) is 0. The summed E-state index contributed by atoms with van der Waals surface area (Å²) < 4.78 is 28.2. The monoisotopic (exact) mass is 414 g/mol. The van der Waals surface area contributed by atoms with Crippen molar-refractivity contribution in [3.8, 4) is 0 Å². The summed E-state index contributed by atoms with van der Waals surface area (Å²) >= 11 is 11.7. The number of thiophene rings is 1. The highest BCUT2D eigenvalue weighted by Crippen LogP contribution is 2.31. The van der Waals surface area contributed by atoms with E-state index in [1.165, 1.54) is 15.6 Å². The van der Waals surface area contributed by atoms with Crippen LogP contribution in [0.4, 0.5) is 0 Å². The Labute approximate surface area is 139 Å². The lowest BCUT2D eigenvalue weighted by molar-refractivity contribution is 0.427. The Kier molecular flexibility index (Phi) is 5.25. The second kappa shape index (κ2) is 6.41. The van der Waals surface area contributed by atoms with Crippen molar-refractivity contribution in [2.24, 2.45) is 0 Å². The van der Waals surface area contributed by atoms with Gasteiger partial charge in [0.05, 0.1) is 9.48 Å². The van der Waals surface area contributed by atoms with Crippen LogP contribution in [0.2, 0.25) is 4.47 Å². The summed E-state index contributed by atoms with van der Waals surface area (Å²) in [5.41, 5.74) is 0.450. The number of sulfonamides is 1. The molecule has 0 atom stereocenters. The summed E-state index contributed by atoms with van der Waals surface area (Å²) in [5, 5.41) is 0. The first-order valence-corrected chi connectivity index (χ1v) is 9.96. The van der Waals surface area contributed by atoms with Crippen LogP contribution in [0.1, 0.15) is 17.5 Å². The number of aromatic nitrogens is 1. The average molecular weight is 416 g/mol. The van der Waals surface area contributed by atoms with Crippen LogP contribution in [0, 0.1) is 6.92 Å². The van der Waals surface area contributed by atoms with Gasteiger partial charge in [-0.25, -0.2) is 13.4 Å². The Bertz CT molecular complexity index is 711. The van der Waals surface area contributed by atoms with Crippen LogP contribution in [0.5, 0.6) is 0 Å². The highest BCUT2D eigenvalue weighted by atomic mass is 79.9. The molecule has 0 saturated heterocycles. The lowest BCUT2D eigenvalue weighted by atomic mass is 10.4. The second-order valence-corrected chi connectivity index (χ2v) is 10.2. The summed E-state index contributed by atoms with van der Waals surface area (Å²) in [6.07, 6.45) is 0. The maximum absolute atomic E-state index is 12.6. The van der Waals surface area contributed by atoms with Gasteiger partial charge in [0, 0.05) is 18.0 Å². The molecule has 9 heteroatoms. The van der Waals surface area contributed by atoms with E-state index in [4.69, 9.17) is 11.6 Å². The summed E-state index contributed by atoms with van der Waals surface area (Å²) in [6, 6.07) is 3.83. The maximum Gasteiger partial charge on any atom is 0.254 e. The molecule has 2 aromatic rings. The van der Waals surface area contributed by atoms with Crippen LogP contribution in [-0.2, 0) is 16.6 Å². The van der Waals surface area contributed by atoms with E-state index in [9.17, 15) is 8.42 Å². The third-order valence-electron chi connectivity index (χ3n) is 2.62. The molecular formula is C11H12BrClN2O2S3. The molecule has 20 heavy (non-hydrogen) atoms. The molecule has 2 aromatic heterocycles. The number of thiazole rings is 1. The van der Waals surface area contributed by atoms with Gasteiger partial charge in [-0.05, 0) is 35.0 Å². The van der Waals surface area contributed by atoms with Crippen LogP contribution >= 0.6 is 50.2 Å². The fourth-order valence-electron chi connectivity index (χ4n) is 1.68. The zero-order valence-electron chi connectivity index (χ0n) is 10.8. The molecule has 0 aliphatic heterocycles. The van der Waals surface area contributed by atoms with Gasteiger partial charge in [0.1, 0.15) is 0 Å². The number of aryl methyl sites for hydroxylation is 1. The number of rotatable bonds is 5. The number of nitrogens with zero attached hydrogens (tertiary/aromatic N) is 2. The molecule has 0 fully saturated rings. The molecule has 110 valence electrons. The molecule has 0 N–H and O–H groups in total. The van der Waals surface area contributed by atoms with Crippen molar-refractivity contribution in [3.05, 3.63) is 31.0 Å². The van der Waals surface area contributed by atoms with E-state index in [0.717, 1.165) is 20.0 Å². The molecule has 0 bridgehead atoms. The Morgan fingerprint density at radius 2 is 2.10 bits per heavy atom. The van der Waals surface area contributed by atoms with E-state index in [1.807, 2.05) is 19.1 Å². The van der Waals surface area contributed by atoms with Gasteiger partial charge in [-0.15, -0.1) is 11.3 Å². The zero-order chi connectivity index (χ0) is 14.9. The van der Waals surface area contributed by atoms with Crippen LogP contribution in [0.15, 0.2) is 20.1 Å². The smallest absolute Gasteiger partial charge is 0.229 e. The third-order valence-corrected chi connectivity index (χ3v) is 7.99. The molecule has 0 unspecified atom stereocenters. The summed E-state index contributed by atoms with van der Waals surface area (Å²) in [6.45, 7) is 4.22. The van der Waals surface area contributed by atoms with Crippen molar-refractivity contribution in [1.82, 2.24) is 9.29 Å². The van der Waals surface area contributed by atoms with E-state index in [0.29, 0.717) is 18.8 Å². The lowest BCUT2D eigenvalue weighted by Gasteiger charge is -2.18. The van der Waals surface area contributed by atoms with Gasteiger partial charge in [0.25, 0.3) is 10.0 Å². The van der Waals surface area contributed by atoms with Crippen LogP contribution in [0.25, 0.3) is 0 Å². The summed E-state index contributed by atoms with van der Waals surface area (Å²) in [5.74, 6) is 0. The van der Waals surface area contributed by atoms with Crippen molar-refractivity contribution >= 4 is 60.2 Å². The van der Waals surface area contributed by atoms with Crippen molar-refractivity contribution in [2.75, 3.05) is 6.54 Å². The standard InChI is InChI=1S/C11H12BrClN2O2S3/c1-3-15(6-8-4-5-9(12)18-8)20(16,17)10-7(2)14-11(13)19-10/h4-5H,3,6H2,1-2H3. The molecule has 0 spiro atoms. The summed E-state index contributed by atoms with van der Waals surface area (Å²) in [7, 11) is -3.55. The van der Waals surface area contributed by atoms with Gasteiger partial charge in [0.15, 0.2) is 8.68 Å². The minimum absolute atomic E-state index is 0.222. The van der Waals surface area contributed by atoms with Crippen LogP contribution in [-0.4, -0.2) is 24.3 Å². The van der Waals surface area contributed by atoms with E-state index in [2.05, 4.69) is 20.9 Å². The SMILES string of the molecule is CCN(Cc1ccc(Br)s1)S(=O)(=O)c1sc(Cl)nc1C. The maximum atomic E-state index is 12.6. The van der Waals surface area contributed by atoms with Gasteiger partial charge in [0.2, 0.25) is 0 Å². The Balaban J connectivity index is 2.32. The number of hydrogen-bond acceptors (Lipinski definition) is 5. The molecule has 0 aliphatic carbocycles. The van der Waals surface area contributed by atoms with E-state index in [1.54, 1.807) is 6.92 Å². The van der Waals surface area contributed by atoms with E-state index < -0.39 is 10.0 Å². The third kappa shape index (κ3) is 3.42. The fourth-order valence-corrected chi connectivity index (χ4v) is 6.57. The Hall–Kier alpha value is 0.01000. The largest absolute Gasteiger partial charge is 0.254 e. The highest BCUT2D eigenvalue weighted by Gasteiger charge is 2.28. The van der Waals surface area contributed by atoms with Gasteiger partial charge in [-0.2, -0.15) is 4.31 Å². The summed E-state index contributed by atoms with van der Waals surface area (Å²) in [4.78, 5) is 4.96. The molecule has 2 rings (SSSR count). The molecule has 4 nitrogen and oxygen atoms in total. The first-order chi connectivity index (χ1) is 9.34. The normalized spacial score (nSPS) is 12.2. The molecule has 0 saturated carbocycles.